The first kappa shape index (κ1) is 10.2. The molecule has 0 atom stereocenters. The third-order valence-corrected chi connectivity index (χ3v) is 3.09. The number of nitrogens with two attached hydrogens (primary N) is 1. The van der Waals surface area contributed by atoms with Crippen LogP contribution in [0.15, 0.2) is 28.9 Å². The Morgan fingerprint density at radius 1 is 1.33 bits per heavy atom. The second-order valence-corrected chi connectivity index (χ2v) is 4.40. The van der Waals surface area contributed by atoms with Gasteiger partial charge in [0.2, 0.25) is 0 Å². The number of nitrogens with zero attached hydrogens (tertiary/aromatic N) is 2. The zero-order valence-corrected chi connectivity index (χ0v) is 10.2. The third-order valence-electron chi connectivity index (χ3n) is 2.40. The fourth-order valence-corrected chi connectivity index (χ4v) is 1.96. The molecule has 4 heteroatoms. The Labute approximate surface area is 97.0 Å². The summed E-state index contributed by atoms with van der Waals surface area (Å²) >= 11 is 3.52. The van der Waals surface area contributed by atoms with Crippen LogP contribution in [0.1, 0.15) is 5.56 Å². The molecule has 15 heavy (non-hydrogen) atoms. The SMILES string of the molecule is Cc1ccc(Br)c(-c2cnn(C)c2N)c1. The van der Waals surface area contributed by atoms with Crippen LogP contribution in [0.25, 0.3) is 11.1 Å². The molecule has 2 rings (SSSR count). The summed E-state index contributed by atoms with van der Waals surface area (Å²) in [6, 6.07) is 6.18. The summed E-state index contributed by atoms with van der Waals surface area (Å²) in [4.78, 5) is 0. The molecule has 2 aromatic rings. The maximum atomic E-state index is 5.93. The Morgan fingerprint density at radius 2 is 2.07 bits per heavy atom. The summed E-state index contributed by atoms with van der Waals surface area (Å²) in [6.45, 7) is 2.06. The van der Waals surface area contributed by atoms with Crippen molar-refractivity contribution in [3.05, 3.63) is 34.4 Å². The minimum absolute atomic E-state index is 0.682. The lowest BCUT2D eigenvalue weighted by Gasteiger charge is -2.05. The highest BCUT2D eigenvalue weighted by Crippen LogP contribution is 2.32. The standard InChI is InChI=1S/C11H12BrN3/c1-7-3-4-10(12)8(5-7)9-6-14-15(2)11(9)13/h3-6H,13H2,1-2H3. The zero-order valence-electron chi connectivity index (χ0n) is 8.66. The van der Waals surface area contributed by atoms with Gasteiger partial charge in [0, 0.05) is 22.6 Å². The van der Waals surface area contributed by atoms with Crippen molar-refractivity contribution < 1.29 is 0 Å². The van der Waals surface area contributed by atoms with E-state index in [1.165, 1.54) is 5.56 Å². The number of aromatic nitrogens is 2. The molecule has 1 aromatic heterocycles. The topological polar surface area (TPSA) is 43.8 Å². The first-order chi connectivity index (χ1) is 7.09. The van der Waals surface area contributed by atoms with Crippen molar-refractivity contribution in [3.63, 3.8) is 0 Å². The van der Waals surface area contributed by atoms with Gasteiger partial charge in [0.25, 0.3) is 0 Å². The van der Waals surface area contributed by atoms with Gasteiger partial charge in [-0.1, -0.05) is 33.6 Å². The van der Waals surface area contributed by atoms with Gasteiger partial charge in [-0.15, -0.1) is 0 Å². The predicted octanol–water partition coefficient (Wildman–Crippen LogP) is 2.74. The predicted molar refractivity (Wildman–Crippen MR) is 65.5 cm³/mol. The Kier molecular flexibility index (Phi) is 2.52. The van der Waals surface area contributed by atoms with Crippen LogP contribution >= 0.6 is 15.9 Å². The van der Waals surface area contributed by atoms with Crippen molar-refractivity contribution in [1.29, 1.82) is 0 Å². The number of aryl methyl sites for hydroxylation is 2. The minimum atomic E-state index is 0.682. The minimum Gasteiger partial charge on any atom is -0.383 e. The summed E-state index contributed by atoms with van der Waals surface area (Å²) in [5.74, 6) is 0.682. The van der Waals surface area contributed by atoms with Gasteiger partial charge in [-0.25, -0.2) is 0 Å². The maximum absolute atomic E-state index is 5.93. The molecule has 1 aromatic carbocycles. The van der Waals surface area contributed by atoms with Crippen molar-refractivity contribution in [3.8, 4) is 11.1 Å². The molecule has 78 valence electrons. The molecule has 3 nitrogen and oxygen atoms in total. The molecular weight excluding hydrogens is 254 g/mol. The molecule has 0 unspecified atom stereocenters. The van der Waals surface area contributed by atoms with Crippen LogP contribution in [0.4, 0.5) is 5.82 Å². The number of halogens is 1. The molecular formula is C11H12BrN3. The lowest BCUT2D eigenvalue weighted by Crippen LogP contribution is -1.98. The van der Waals surface area contributed by atoms with Gasteiger partial charge in [0.1, 0.15) is 5.82 Å². The van der Waals surface area contributed by atoms with Crippen LogP contribution in [-0.4, -0.2) is 9.78 Å². The van der Waals surface area contributed by atoms with Gasteiger partial charge < -0.3 is 5.73 Å². The number of anilines is 1. The quantitative estimate of drug-likeness (QED) is 0.862. The van der Waals surface area contributed by atoms with E-state index >= 15 is 0 Å². The number of nitrogen functional groups attached to an aromatic ring is 1. The van der Waals surface area contributed by atoms with E-state index in [9.17, 15) is 0 Å². The van der Waals surface area contributed by atoms with Crippen LogP contribution in [0.5, 0.6) is 0 Å². The molecule has 0 amide bonds. The molecule has 2 N–H and O–H groups in total. The largest absolute Gasteiger partial charge is 0.383 e. The van der Waals surface area contributed by atoms with Crippen molar-refractivity contribution in [2.24, 2.45) is 7.05 Å². The highest BCUT2D eigenvalue weighted by molar-refractivity contribution is 9.10. The number of benzene rings is 1. The summed E-state index contributed by atoms with van der Waals surface area (Å²) in [5.41, 5.74) is 9.19. The lowest BCUT2D eigenvalue weighted by molar-refractivity contribution is 0.779. The van der Waals surface area contributed by atoms with Gasteiger partial charge in [-0.2, -0.15) is 5.10 Å². The normalized spacial score (nSPS) is 10.6. The number of hydrogen-bond acceptors (Lipinski definition) is 2. The fraction of sp³-hybridized carbons (Fsp3) is 0.182. The van der Waals surface area contributed by atoms with Crippen LogP contribution in [-0.2, 0) is 7.05 Å². The van der Waals surface area contributed by atoms with Gasteiger partial charge in [0.05, 0.1) is 6.20 Å². The van der Waals surface area contributed by atoms with E-state index in [-0.39, 0.29) is 0 Å². The van der Waals surface area contributed by atoms with Crippen molar-refractivity contribution in [1.82, 2.24) is 9.78 Å². The van der Waals surface area contributed by atoms with Gasteiger partial charge in [0.15, 0.2) is 0 Å². The van der Waals surface area contributed by atoms with E-state index in [0.717, 1.165) is 15.6 Å². The monoisotopic (exact) mass is 265 g/mol. The number of hydrogen-bond donors (Lipinski definition) is 1. The van der Waals surface area contributed by atoms with Crippen LogP contribution in [0, 0.1) is 6.92 Å². The molecule has 0 saturated carbocycles. The average molecular weight is 266 g/mol. The summed E-state index contributed by atoms with van der Waals surface area (Å²) in [7, 11) is 1.84. The van der Waals surface area contributed by atoms with E-state index < -0.39 is 0 Å². The Morgan fingerprint density at radius 3 is 2.67 bits per heavy atom. The van der Waals surface area contributed by atoms with Crippen LogP contribution in [0.2, 0.25) is 0 Å². The Hall–Kier alpha value is -1.29. The van der Waals surface area contributed by atoms with E-state index in [2.05, 4.69) is 40.1 Å². The fourth-order valence-electron chi connectivity index (χ4n) is 1.50. The summed E-state index contributed by atoms with van der Waals surface area (Å²) in [6.07, 6.45) is 1.79. The lowest BCUT2D eigenvalue weighted by atomic mass is 10.1. The molecule has 0 spiro atoms. The first-order valence-electron chi connectivity index (χ1n) is 4.63. The van der Waals surface area contributed by atoms with E-state index in [1.54, 1.807) is 10.9 Å². The number of rotatable bonds is 1. The van der Waals surface area contributed by atoms with Crippen molar-refractivity contribution in [2.75, 3.05) is 5.73 Å². The van der Waals surface area contributed by atoms with E-state index in [1.807, 2.05) is 13.1 Å². The molecule has 0 aliphatic heterocycles. The summed E-state index contributed by atoms with van der Waals surface area (Å²) in [5, 5.41) is 4.13. The van der Waals surface area contributed by atoms with E-state index in [4.69, 9.17) is 5.73 Å². The van der Waals surface area contributed by atoms with Gasteiger partial charge >= 0.3 is 0 Å². The van der Waals surface area contributed by atoms with Crippen LogP contribution < -0.4 is 5.73 Å². The zero-order chi connectivity index (χ0) is 11.0. The molecule has 0 aliphatic carbocycles. The van der Waals surface area contributed by atoms with Crippen LogP contribution in [0.3, 0.4) is 0 Å². The highest BCUT2D eigenvalue weighted by Gasteiger charge is 2.10. The van der Waals surface area contributed by atoms with Crippen molar-refractivity contribution >= 4 is 21.7 Å². The second kappa shape index (κ2) is 3.70. The Balaban J connectivity index is 2.63. The molecule has 0 bridgehead atoms. The molecule has 0 fully saturated rings. The van der Waals surface area contributed by atoms with Gasteiger partial charge in [-0.3, -0.25) is 4.68 Å². The average Bonchev–Trinajstić information content (AvgIpc) is 2.52. The second-order valence-electron chi connectivity index (χ2n) is 3.55. The van der Waals surface area contributed by atoms with Crippen molar-refractivity contribution in [2.45, 2.75) is 6.92 Å². The third kappa shape index (κ3) is 1.77. The molecule has 0 radical (unpaired) electrons. The van der Waals surface area contributed by atoms with E-state index in [0.29, 0.717) is 5.82 Å². The van der Waals surface area contributed by atoms with Gasteiger partial charge in [-0.05, 0) is 13.0 Å². The maximum Gasteiger partial charge on any atom is 0.129 e. The highest BCUT2D eigenvalue weighted by atomic mass is 79.9. The smallest absolute Gasteiger partial charge is 0.129 e. The molecule has 0 saturated heterocycles. The molecule has 0 aliphatic rings. The summed E-state index contributed by atoms with van der Waals surface area (Å²) < 4.78 is 2.71. The molecule has 1 heterocycles. The Bertz CT molecular complexity index is 503. The first-order valence-corrected chi connectivity index (χ1v) is 5.43.